The number of ketones is 3. The number of aliphatic carboxylic acids is 1. The van der Waals surface area contributed by atoms with Crippen molar-refractivity contribution in [2.24, 2.45) is 17.4 Å². The van der Waals surface area contributed by atoms with E-state index in [-0.39, 0.29) is 58.9 Å². The van der Waals surface area contributed by atoms with Crippen LogP contribution in [0.1, 0.15) is 122 Å². The Kier molecular flexibility index (Phi) is 22.8. The fourth-order valence-electron chi connectivity index (χ4n) is 9.78. The van der Waals surface area contributed by atoms with Gasteiger partial charge in [0.25, 0.3) is 0 Å². The molecule has 8 unspecified atom stereocenters. The number of aromatic hydroxyl groups is 2. The number of phenols is 2. The molecule has 84 heavy (non-hydrogen) atoms. The van der Waals surface area contributed by atoms with Crippen LogP contribution >= 0.6 is 12.6 Å². The third-order valence-corrected chi connectivity index (χ3v) is 14.6. The topological polar surface area (TPSA) is 490 Å². The lowest BCUT2D eigenvalue weighted by Gasteiger charge is -2.43. The van der Waals surface area contributed by atoms with E-state index in [0.29, 0.717) is 0 Å². The summed E-state index contributed by atoms with van der Waals surface area (Å²) in [5.74, 6) is -13.8. The van der Waals surface area contributed by atoms with Gasteiger partial charge in [-0.15, -0.1) is 0 Å². The van der Waals surface area contributed by atoms with E-state index in [1.807, 2.05) is 0 Å². The summed E-state index contributed by atoms with van der Waals surface area (Å²) in [5, 5.41) is 82.0. The minimum Gasteiger partial charge on any atom is -0.507 e. The molecule has 30 nitrogen and oxygen atoms in total. The number of hydrogen-bond acceptors (Lipinski definition) is 22. The highest BCUT2D eigenvalue weighted by Gasteiger charge is 2.51. The normalized spacial score (nSPS) is 21.9. The molecular formula is C53H71N9O21S. The third kappa shape index (κ3) is 15.9. The van der Waals surface area contributed by atoms with Crippen LogP contribution < -0.4 is 53.4 Å². The average Bonchev–Trinajstić information content (AvgIpc) is 0.777. The van der Waals surface area contributed by atoms with E-state index in [1.165, 1.54) is 46.1 Å². The van der Waals surface area contributed by atoms with Crippen LogP contribution in [0, 0.1) is 5.92 Å². The number of hydrogen-bond donors (Lipinski definition) is 16. The molecule has 12 atom stereocenters. The molecular weight excluding hydrogens is 1130 g/mol. The fourth-order valence-corrected chi connectivity index (χ4v) is 10.0. The zero-order chi connectivity index (χ0) is 62.8. The van der Waals surface area contributed by atoms with Gasteiger partial charge in [0.2, 0.25) is 53.0 Å². The maximum atomic E-state index is 14.2. The van der Waals surface area contributed by atoms with Crippen molar-refractivity contribution < 1.29 is 102 Å². The number of amides is 8. The van der Waals surface area contributed by atoms with Crippen molar-refractivity contribution in [1.82, 2.24) is 37.2 Å². The number of phenolic OH excluding ortho intramolecular Hbond substituents is 2. The Morgan fingerprint density at radius 3 is 2.04 bits per heavy atom. The second-order valence-corrected chi connectivity index (χ2v) is 21.4. The van der Waals surface area contributed by atoms with Crippen LogP contribution in [-0.2, 0) is 63.8 Å². The van der Waals surface area contributed by atoms with E-state index < -0.39 is 205 Å². The Hall–Kier alpha value is -7.81. The highest BCUT2D eigenvalue weighted by molar-refractivity contribution is 7.80. The Labute approximate surface area is 485 Å². The molecule has 5 rings (SSSR count). The first-order valence-electron chi connectivity index (χ1n) is 26.6. The monoisotopic (exact) mass is 1200 g/mol. The number of aliphatic hydroxyl groups is 3. The molecule has 17 N–H and O–H groups in total. The molecule has 2 aromatic rings. The lowest BCUT2D eigenvalue weighted by atomic mass is 9.72. The van der Waals surface area contributed by atoms with Gasteiger partial charge in [-0.25, -0.2) is 0 Å². The number of nitrogens with two attached hydrogens (primary N) is 2. The third-order valence-electron chi connectivity index (χ3n) is 14.2. The first-order chi connectivity index (χ1) is 39.4. The zero-order valence-corrected chi connectivity index (χ0v) is 47.5. The van der Waals surface area contributed by atoms with Gasteiger partial charge >= 0.3 is 5.97 Å². The van der Waals surface area contributed by atoms with Crippen LogP contribution in [0.3, 0.4) is 0 Å². The molecule has 8 amide bonds. The summed E-state index contributed by atoms with van der Waals surface area (Å²) in [6.07, 6.45) is -9.12. The van der Waals surface area contributed by atoms with Crippen LogP contribution in [0.25, 0.3) is 0 Å². The largest absolute Gasteiger partial charge is 0.507 e. The quantitative estimate of drug-likeness (QED) is 0.0254. The van der Waals surface area contributed by atoms with Crippen molar-refractivity contribution in [1.29, 1.82) is 0 Å². The number of carbonyl (C=O) groups is 12. The molecule has 460 valence electrons. The smallest absolute Gasteiger partial charge is 0.322 e. The summed E-state index contributed by atoms with van der Waals surface area (Å²) < 4.78 is 17.6. The minimum atomic E-state index is -2.49. The number of thiol groups is 1. The van der Waals surface area contributed by atoms with Gasteiger partial charge in [0.15, 0.2) is 17.9 Å². The van der Waals surface area contributed by atoms with Crippen molar-refractivity contribution in [3.05, 3.63) is 51.6 Å². The molecule has 0 aromatic heterocycles. The molecule has 3 aliphatic rings. The van der Waals surface area contributed by atoms with Crippen LogP contribution in [0.2, 0.25) is 0 Å². The van der Waals surface area contributed by atoms with E-state index in [9.17, 15) is 83.1 Å². The van der Waals surface area contributed by atoms with E-state index in [1.54, 1.807) is 13.8 Å². The molecule has 1 heterocycles. The molecule has 1 aliphatic heterocycles. The molecule has 1 saturated heterocycles. The van der Waals surface area contributed by atoms with Gasteiger partial charge in [0.05, 0.1) is 54.5 Å². The molecule has 0 radical (unpaired) electrons. The van der Waals surface area contributed by atoms with Gasteiger partial charge in [0, 0.05) is 48.1 Å². The van der Waals surface area contributed by atoms with E-state index in [0.717, 1.165) is 0 Å². The molecule has 0 spiro atoms. The number of primary amides is 1. The minimum absolute atomic E-state index is 0.0170. The van der Waals surface area contributed by atoms with Gasteiger partial charge < -0.3 is 93.5 Å². The molecule has 0 saturated carbocycles. The maximum absolute atomic E-state index is 14.2. The standard InChI is InChI=1S/C53H71N9O21S/c1-20(2)12-28(62-52(79)29(13-34(55)65)61-48(75)22(4)57-47(74)21(3)58-49(76)26(54)10-11-35(66)59-30(19-84)50(77)56-17-36(67)68)51(78)60-27-14-37(82-23(5)42(27)69)83-32-16-53(80,33(64)18-63)15-25-39(32)46(73)41-40(44(25)71)43(70)24-8-7-9-31(81-6)38(24)45(41)72/h7-9,20-23,26-30,32,37,42,63,69,71,73,80,84H,10-19,54H2,1-6H3,(H2,55,65)(H,56,77)(H,57,74)(H,58,76)(H,59,66)(H,60,78)(H,61,75)(H,62,79)(H,67,68)/t21?,22?,23?,26?,27?,28?,29?,30?,32-,37-,42-,53-/m0/s1. The molecule has 1 fully saturated rings. The van der Waals surface area contributed by atoms with Gasteiger partial charge in [-0.3, -0.25) is 57.5 Å². The number of aliphatic hydroxyl groups excluding tert-OH is 2. The summed E-state index contributed by atoms with van der Waals surface area (Å²) >= 11 is 3.98. The molecule has 2 aliphatic carbocycles. The van der Waals surface area contributed by atoms with Crippen LogP contribution in [0.4, 0.5) is 0 Å². The summed E-state index contributed by atoms with van der Waals surface area (Å²) in [4.78, 5) is 156. The van der Waals surface area contributed by atoms with E-state index >= 15 is 0 Å². The maximum Gasteiger partial charge on any atom is 0.322 e. The Morgan fingerprint density at radius 2 is 1.44 bits per heavy atom. The van der Waals surface area contributed by atoms with Crippen LogP contribution in [0.5, 0.6) is 17.2 Å². The van der Waals surface area contributed by atoms with Crippen LogP contribution in [0.15, 0.2) is 18.2 Å². The van der Waals surface area contributed by atoms with Crippen molar-refractivity contribution >= 4 is 83.2 Å². The van der Waals surface area contributed by atoms with Gasteiger partial charge in [-0.2, -0.15) is 12.6 Å². The SMILES string of the molecule is COc1cccc2c1C(=O)c1c(O)c3c(c(O)c1C2=O)C[C@@](O)(C(=O)CO)C[C@@H]3O[C@H]1CC(NC(=O)C(CC(C)C)NC(=O)C(CC(N)=O)NC(=O)C(C)NC(=O)C(C)NC(=O)C(N)CCC(=O)NC(CS)C(=O)NCC(=O)O)[C@@H](O)C(C)O1. The summed E-state index contributed by atoms with van der Waals surface area (Å²) in [6.45, 7) is 5.39. The van der Waals surface area contributed by atoms with Crippen molar-refractivity contribution in [2.45, 2.75) is 152 Å². The Balaban J connectivity index is 1.26. The molecule has 31 heteroatoms. The number of fused-ring (bicyclic) bond motifs is 3. The Bertz CT molecular complexity index is 2940. The highest BCUT2D eigenvalue weighted by Crippen LogP contribution is 2.52. The lowest BCUT2D eigenvalue weighted by molar-refractivity contribution is -0.249. The Morgan fingerprint density at radius 1 is 0.821 bits per heavy atom. The molecule has 0 bridgehead atoms. The number of Topliss-reactive ketones (excluding diaryl/α,β-unsaturated/α-hetero) is 1. The number of ether oxygens (including phenoxy) is 3. The summed E-state index contributed by atoms with van der Waals surface area (Å²) in [7, 11) is 1.25. The van der Waals surface area contributed by atoms with Gasteiger partial charge in [-0.05, 0) is 45.6 Å². The average molecular weight is 1200 g/mol. The predicted octanol–water partition coefficient (Wildman–Crippen LogP) is -4.22. The number of methoxy groups -OCH3 is 1. The van der Waals surface area contributed by atoms with Crippen molar-refractivity contribution in [3.8, 4) is 17.2 Å². The number of benzene rings is 2. The molecule has 2 aromatic carbocycles. The van der Waals surface area contributed by atoms with E-state index in [2.05, 4.69) is 49.8 Å². The zero-order valence-electron chi connectivity index (χ0n) is 46.6. The summed E-state index contributed by atoms with van der Waals surface area (Å²) in [6, 6.07) is -5.59. The fraction of sp³-hybridized carbons (Fsp3) is 0.547. The van der Waals surface area contributed by atoms with Crippen molar-refractivity contribution in [2.75, 3.05) is 26.0 Å². The van der Waals surface area contributed by atoms with Crippen LogP contribution in [-0.4, -0.2) is 194 Å². The predicted molar refractivity (Wildman–Crippen MR) is 292 cm³/mol. The lowest BCUT2D eigenvalue weighted by Crippen LogP contribution is -2.61. The van der Waals surface area contributed by atoms with E-state index in [4.69, 9.17) is 30.8 Å². The number of carboxylic acids is 1. The van der Waals surface area contributed by atoms with Gasteiger partial charge in [0.1, 0.15) is 72.3 Å². The number of rotatable bonds is 27. The van der Waals surface area contributed by atoms with Gasteiger partial charge in [-0.1, -0.05) is 26.0 Å². The highest BCUT2D eigenvalue weighted by atomic mass is 32.1. The number of nitrogens with one attached hydrogen (secondary N) is 7. The second-order valence-electron chi connectivity index (χ2n) is 21.1. The number of carbonyl (C=O) groups excluding carboxylic acids is 11. The number of carboxylic acid groups (broad SMARTS) is 1. The van der Waals surface area contributed by atoms with Crippen molar-refractivity contribution in [3.63, 3.8) is 0 Å². The second kappa shape index (κ2) is 28.6. The first kappa shape index (κ1) is 67.0. The summed E-state index contributed by atoms with van der Waals surface area (Å²) in [5.41, 5.74) is 6.56. The first-order valence-corrected chi connectivity index (χ1v) is 27.2.